The molecule has 1 N–H and O–H groups in total. The molecule has 0 aliphatic carbocycles. The molecule has 3 heteroatoms. The van der Waals surface area contributed by atoms with Crippen LogP contribution in [0.2, 0.25) is 0 Å². The van der Waals surface area contributed by atoms with Crippen LogP contribution in [0.4, 0.5) is 4.39 Å². The third-order valence-corrected chi connectivity index (χ3v) is 5.17. The first-order valence-electron chi connectivity index (χ1n) is 8.58. The van der Waals surface area contributed by atoms with Crippen LogP contribution in [-0.4, -0.2) is 5.11 Å². The topological polar surface area (TPSA) is 20.2 Å². The molecule has 4 aromatic rings. The Morgan fingerprint density at radius 3 is 1.74 bits per heavy atom. The van der Waals surface area contributed by atoms with Crippen molar-refractivity contribution in [2.75, 3.05) is 0 Å². The Morgan fingerprint density at radius 2 is 1.15 bits per heavy atom. The number of benzene rings is 4. The highest BCUT2D eigenvalue weighted by molar-refractivity contribution is 9.10. The zero-order valence-electron chi connectivity index (χ0n) is 14.4. The maximum absolute atomic E-state index is 14.4. The van der Waals surface area contributed by atoms with E-state index in [1.54, 1.807) is 24.3 Å². The summed E-state index contributed by atoms with van der Waals surface area (Å²) in [7, 11) is 0. The van der Waals surface area contributed by atoms with Gasteiger partial charge in [-0.25, -0.2) is 4.39 Å². The molecule has 0 bridgehead atoms. The minimum Gasteiger partial charge on any atom is -0.507 e. The van der Waals surface area contributed by atoms with Crippen molar-refractivity contribution >= 4 is 15.9 Å². The zero-order chi connectivity index (χ0) is 18.8. The van der Waals surface area contributed by atoms with Gasteiger partial charge in [-0.05, 0) is 23.3 Å². The Labute approximate surface area is 165 Å². The van der Waals surface area contributed by atoms with Crippen molar-refractivity contribution in [3.8, 4) is 39.1 Å². The monoisotopic (exact) mass is 418 g/mol. The molecule has 0 spiro atoms. The lowest BCUT2D eigenvalue weighted by molar-refractivity contribution is 0.479. The fourth-order valence-electron chi connectivity index (χ4n) is 3.30. The van der Waals surface area contributed by atoms with Gasteiger partial charge in [0.2, 0.25) is 0 Å². The Hall–Kier alpha value is -2.91. The minimum atomic E-state index is -0.369. The van der Waals surface area contributed by atoms with Crippen LogP contribution < -0.4 is 0 Å². The van der Waals surface area contributed by atoms with Crippen LogP contribution in [-0.2, 0) is 0 Å². The average molecular weight is 419 g/mol. The van der Waals surface area contributed by atoms with Crippen LogP contribution in [0.15, 0.2) is 95.5 Å². The van der Waals surface area contributed by atoms with Gasteiger partial charge >= 0.3 is 0 Å². The normalized spacial score (nSPS) is 10.7. The highest BCUT2D eigenvalue weighted by Gasteiger charge is 2.21. The van der Waals surface area contributed by atoms with Crippen molar-refractivity contribution in [1.29, 1.82) is 0 Å². The van der Waals surface area contributed by atoms with Gasteiger partial charge < -0.3 is 5.11 Å². The summed E-state index contributed by atoms with van der Waals surface area (Å²) in [6.45, 7) is 0. The summed E-state index contributed by atoms with van der Waals surface area (Å²) in [5.74, 6) is -0.306. The van der Waals surface area contributed by atoms with E-state index in [0.717, 1.165) is 21.2 Å². The number of hydrogen-bond acceptors (Lipinski definition) is 1. The van der Waals surface area contributed by atoms with Crippen molar-refractivity contribution in [2.45, 2.75) is 0 Å². The number of phenolic OH excluding ortho intramolecular Hbond substituents is 1. The van der Waals surface area contributed by atoms with E-state index in [9.17, 15) is 9.50 Å². The van der Waals surface area contributed by atoms with Crippen molar-refractivity contribution in [2.24, 2.45) is 0 Å². The first-order chi connectivity index (χ1) is 13.2. The molecule has 4 aromatic carbocycles. The van der Waals surface area contributed by atoms with E-state index in [-0.39, 0.29) is 11.6 Å². The van der Waals surface area contributed by atoms with Gasteiger partial charge in [-0.2, -0.15) is 0 Å². The predicted octanol–water partition coefficient (Wildman–Crippen LogP) is 7.29. The molecule has 0 aromatic heterocycles. The van der Waals surface area contributed by atoms with Crippen LogP contribution in [0.1, 0.15) is 0 Å². The lowest BCUT2D eigenvalue weighted by atomic mass is 9.89. The quantitative estimate of drug-likeness (QED) is 0.370. The van der Waals surface area contributed by atoms with Crippen LogP contribution in [0, 0.1) is 5.82 Å². The second-order valence-electron chi connectivity index (χ2n) is 6.22. The van der Waals surface area contributed by atoms with Crippen LogP contribution in [0.3, 0.4) is 0 Å². The molecule has 0 atom stereocenters. The maximum atomic E-state index is 14.4. The molecule has 132 valence electrons. The predicted molar refractivity (Wildman–Crippen MR) is 112 cm³/mol. The van der Waals surface area contributed by atoms with Crippen molar-refractivity contribution < 1.29 is 9.50 Å². The third kappa shape index (κ3) is 3.26. The van der Waals surface area contributed by atoms with E-state index < -0.39 is 0 Å². The van der Waals surface area contributed by atoms with Crippen molar-refractivity contribution in [3.63, 3.8) is 0 Å². The van der Waals surface area contributed by atoms with Crippen LogP contribution in [0.25, 0.3) is 33.4 Å². The van der Waals surface area contributed by atoms with E-state index in [1.807, 2.05) is 60.7 Å². The smallest absolute Gasteiger partial charge is 0.132 e. The number of hydrogen-bond donors (Lipinski definition) is 1. The summed E-state index contributed by atoms with van der Waals surface area (Å²) < 4.78 is 15.2. The second-order valence-corrected chi connectivity index (χ2v) is 7.07. The second kappa shape index (κ2) is 7.37. The molecule has 0 aliphatic rings. The summed E-state index contributed by atoms with van der Waals surface area (Å²) in [4.78, 5) is 0. The Balaban J connectivity index is 2.08. The molecule has 4 rings (SSSR count). The first-order valence-corrected chi connectivity index (χ1v) is 9.37. The molecule has 0 amide bonds. The minimum absolute atomic E-state index is 0.0633. The Kier molecular flexibility index (Phi) is 4.78. The average Bonchev–Trinajstić information content (AvgIpc) is 2.71. The van der Waals surface area contributed by atoms with Gasteiger partial charge in [0, 0.05) is 26.7 Å². The Bertz CT molecular complexity index is 1090. The first kappa shape index (κ1) is 17.5. The Morgan fingerprint density at radius 1 is 0.630 bits per heavy atom. The molecular weight excluding hydrogens is 403 g/mol. The number of aromatic hydroxyl groups is 1. The molecule has 1 nitrogen and oxygen atoms in total. The van der Waals surface area contributed by atoms with Crippen LogP contribution >= 0.6 is 15.9 Å². The molecule has 0 heterocycles. The van der Waals surface area contributed by atoms with Gasteiger partial charge in [-0.15, -0.1) is 0 Å². The van der Waals surface area contributed by atoms with Gasteiger partial charge in [-0.1, -0.05) is 94.8 Å². The van der Waals surface area contributed by atoms with E-state index >= 15 is 0 Å². The summed E-state index contributed by atoms with van der Waals surface area (Å²) in [5, 5.41) is 11.2. The van der Waals surface area contributed by atoms with E-state index in [4.69, 9.17) is 0 Å². The van der Waals surface area contributed by atoms with Gasteiger partial charge in [0.15, 0.2) is 0 Å². The van der Waals surface area contributed by atoms with E-state index in [2.05, 4.69) is 15.9 Å². The lowest BCUT2D eigenvalue weighted by Gasteiger charge is -2.18. The zero-order valence-corrected chi connectivity index (χ0v) is 15.9. The summed E-state index contributed by atoms with van der Waals surface area (Å²) in [5.41, 5.74) is 4.21. The summed E-state index contributed by atoms with van der Waals surface area (Å²) >= 11 is 3.65. The molecule has 0 saturated heterocycles. The highest BCUT2D eigenvalue weighted by atomic mass is 79.9. The summed E-state index contributed by atoms with van der Waals surface area (Å²) in [6.07, 6.45) is 0. The van der Waals surface area contributed by atoms with E-state index in [1.165, 1.54) is 6.07 Å². The molecule has 0 radical (unpaired) electrons. The molecule has 0 saturated carbocycles. The van der Waals surface area contributed by atoms with Gasteiger partial charge in [0.25, 0.3) is 0 Å². The lowest BCUT2D eigenvalue weighted by Crippen LogP contribution is -1.93. The standard InChI is InChI=1S/C24H16BrFO/c25-20-15-19(18-13-7-8-14-21(18)26)24(27)23(17-11-5-2-6-12-17)22(20)16-9-3-1-4-10-16/h1-15,27H. The fraction of sp³-hybridized carbons (Fsp3) is 0. The maximum Gasteiger partial charge on any atom is 0.132 e. The molecule has 0 aliphatic heterocycles. The van der Waals surface area contributed by atoms with E-state index in [0.29, 0.717) is 16.7 Å². The third-order valence-electron chi connectivity index (χ3n) is 4.54. The van der Waals surface area contributed by atoms with Gasteiger partial charge in [0.1, 0.15) is 11.6 Å². The van der Waals surface area contributed by atoms with Crippen molar-refractivity contribution in [3.05, 3.63) is 101 Å². The number of phenols is 1. The number of halogens is 2. The van der Waals surface area contributed by atoms with Gasteiger partial charge in [-0.3, -0.25) is 0 Å². The number of rotatable bonds is 3. The SMILES string of the molecule is Oc1c(-c2ccccc2F)cc(Br)c(-c2ccccc2)c1-c1ccccc1. The summed E-state index contributed by atoms with van der Waals surface area (Å²) in [6, 6.07) is 27.8. The fourth-order valence-corrected chi connectivity index (χ4v) is 3.95. The van der Waals surface area contributed by atoms with Crippen molar-refractivity contribution in [1.82, 2.24) is 0 Å². The van der Waals surface area contributed by atoms with Crippen LogP contribution in [0.5, 0.6) is 5.75 Å². The molecule has 27 heavy (non-hydrogen) atoms. The highest BCUT2D eigenvalue weighted by Crippen LogP contribution is 2.48. The molecular formula is C24H16BrFO. The largest absolute Gasteiger partial charge is 0.507 e. The molecule has 0 unspecified atom stereocenters. The molecule has 0 fully saturated rings. The van der Waals surface area contributed by atoms with Gasteiger partial charge in [0.05, 0.1) is 0 Å².